The Morgan fingerprint density at radius 1 is 0.420 bits per heavy atom. The van der Waals surface area contributed by atoms with E-state index < -0.39 is 145 Å². The third-order valence-corrected chi connectivity index (χ3v) is 5.83. The predicted octanol–water partition coefficient (Wildman–Crippen LogP) is -10.4. The summed E-state index contributed by atoms with van der Waals surface area (Å²) in [4.78, 5) is 41.9. The molecule has 0 aromatic carbocycles. The molecule has 2 radical (unpaired) electrons. The van der Waals surface area contributed by atoms with E-state index in [0.717, 1.165) is 0 Å². The first-order valence-corrected chi connectivity index (χ1v) is 12.7. The molecule has 24 nitrogen and oxygen atoms in total. The summed E-state index contributed by atoms with van der Waals surface area (Å²) in [6, 6.07) is 0. The van der Waals surface area contributed by atoms with E-state index in [4.69, 9.17) is 61.3 Å². The van der Waals surface area contributed by atoms with Gasteiger partial charge in [-0.2, -0.15) is 0 Å². The Hall–Kier alpha value is -4.04. The van der Waals surface area contributed by atoms with E-state index in [1.165, 1.54) is 0 Å². The predicted molar refractivity (Wildman–Crippen MR) is 131 cm³/mol. The van der Waals surface area contributed by atoms with Crippen molar-refractivity contribution in [3.05, 3.63) is 46.1 Å². The van der Waals surface area contributed by atoms with Crippen LogP contribution >= 0.6 is 0 Å². The molecule has 0 aromatic rings. The topological polar surface area (TPSA) is 440 Å². The Kier molecular flexibility index (Phi) is 20.4. The zero-order valence-electron chi connectivity index (χ0n) is 24.3. The van der Waals surface area contributed by atoms with Crippen molar-refractivity contribution < 1.29 is 154 Å². The molecule has 4 aliphatic heterocycles. The normalized spacial score (nSPS) is 24.8. The summed E-state index contributed by atoms with van der Waals surface area (Å²) >= 11 is 0. The van der Waals surface area contributed by atoms with Gasteiger partial charge in [-0.05, 0) is 0 Å². The fourth-order valence-electron chi connectivity index (χ4n) is 3.26. The van der Waals surface area contributed by atoms with Crippen LogP contribution in [-0.2, 0) is 72.3 Å². The molecule has 50 heavy (non-hydrogen) atoms. The number of ether oxygens (including phenoxy) is 4. The Bertz CT molecular complexity index is 1140. The van der Waals surface area contributed by atoms with E-state index in [1.54, 1.807) is 0 Å². The van der Waals surface area contributed by atoms with Gasteiger partial charge in [0, 0.05) is 23.0 Å². The largest absolute Gasteiger partial charge is 2.00 e. The van der Waals surface area contributed by atoms with Crippen LogP contribution in [0.15, 0.2) is 46.1 Å². The average molecular weight is 828 g/mol. The molecule has 0 saturated heterocycles. The molecule has 0 amide bonds. The van der Waals surface area contributed by atoms with E-state index in [-0.39, 0.29) is 34.1 Å². The van der Waals surface area contributed by atoms with Crippen molar-refractivity contribution in [3.63, 3.8) is 0 Å². The summed E-state index contributed by atoms with van der Waals surface area (Å²) in [6.07, 6.45) is -11.5. The first-order chi connectivity index (χ1) is 22.3. The molecule has 0 spiro atoms. The third kappa shape index (κ3) is 11.5. The minimum atomic E-state index is -1.46. The quantitative estimate of drug-likeness (QED) is 0.0614. The van der Waals surface area contributed by atoms with Gasteiger partial charge in [0.15, 0.2) is 24.4 Å². The molecule has 0 saturated carbocycles. The van der Waals surface area contributed by atoms with Gasteiger partial charge in [0.25, 0.3) is 0 Å². The molecule has 4 heterocycles. The zero-order chi connectivity index (χ0) is 37.2. The van der Waals surface area contributed by atoms with E-state index in [1.807, 2.05) is 0 Å². The summed E-state index contributed by atoms with van der Waals surface area (Å²) in [5, 5.41) is 147. The standard InChI is InChI=1S/4C6H8O6.2Cu/c4*7-1-2(8)5-3(9)4(10)6(11)12-5;;/h4*2,5,7-10H,1H2;;/q;;;;2*+2/p-4/t4*2-,5+;;/m0000../s1. The number of carbonyl (C=O) groups excluding carboxylic acids is 4. The minimum Gasteiger partial charge on any atom is -0.865 e. The van der Waals surface area contributed by atoms with Crippen LogP contribution in [0.1, 0.15) is 0 Å². The Morgan fingerprint density at radius 2 is 0.560 bits per heavy atom. The summed E-state index contributed by atoms with van der Waals surface area (Å²) in [5.41, 5.74) is 0. The van der Waals surface area contributed by atoms with Crippen molar-refractivity contribution in [1.29, 1.82) is 0 Å². The van der Waals surface area contributed by atoms with E-state index in [0.29, 0.717) is 0 Å². The van der Waals surface area contributed by atoms with Crippen LogP contribution in [0, 0.1) is 0 Å². The van der Waals surface area contributed by atoms with Gasteiger partial charge in [-0.1, -0.05) is 0 Å². The zero-order valence-corrected chi connectivity index (χ0v) is 26.2. The van der Waals surface area contributed by atoms with Crippen molar-refractivity contribution >= 4 is 23.9 Å². The van der Waals surface area contributed by atoms with Gasteiger partial charge in [-0.15, -0.1) is 0 Å². The van der Waals surface area contributed by atoms with E-state index >= 15 is 0 Å². The summed E-state index contributed by atoms with van der Waals surface area (Å²) in [7, 11) is 0. The first kappa shape index (κ1) is 48.1. The van der Waals surface area contributed by atoms with Crippen LogP contribution in [0.5, 0.6) is 0 Å². The Morgan fingerprint density at radius 3 is 0.640 bits per heavy atom. The molecular formula is C24H28Cu2O24. The molecular weight excluding hydrogens is 799 g/mol. The molecule has 26 heteroatoms. The second-order valence-corrected chi connectivity index (χ2v) is 9.16. The van der Waals surface area contributed by atoms with E-state index in [9.17, 15) is 39.6 Å². The molecule has 290 valence electrons. The molecule has 8 atom stereocenters. The van der Waals surface area contributed by atoms with Gasteiger partial charge in [0.2, 0.25) is 0 Å². The van der Waals surface area contributed by atoms with Crippen LogP contribution < -0.4 is 20.4 Å². The van der Waals surface area contributed by atoms with Crippen molar-refractivity contribution in [2.45, 2.75) is 48.8 Å². The summed E-state index contributed by atoms with van der Waals surface area (Å²) < 4.78 is 17.0. The maximum atomic E-state index is 10.6. The van der Waals surface area contributed by atoms with Crippen LogP contribution in [0.2, 0.25) is 0 Å². The number of hydrogen-bond acceptors (Lipinski definition) is 24. The van der Waals surface area contributed by atoms with Gasteiger partial charge in [-0.25, -0.2) is 19.2 Å². The average Bonchev–Trinajstić information content (AvgIpc) is 3.70. The van der Waals surface area contributed by atoms with Gasteiger partial charge < -0.3 is 101 Å². The fraction of sp³-hybridized carbons (Fsp3) is 0.500. The van der Waals surface area contributed by atoms with Crippen molar-refractivity contribution in [2.24, 2.45) is 0 Å². The number of aliphatic hydroxyl groups excluding tert-OH is 12. The molecule has 12 N–H and O–H groups in total. The van der Waals surface area contributed by atoms with Crippen molar-refractivity contribution in [1.82, 2.24) is 0 Å². The number of esters is 4. The van der Waals surface area contributed by atoms with Gasteiger partial charge in [-0.3, -0.25) is 0 Å². The first-order valence-electron chi connectivity index (χ1n) is 12.7. The second kappa shape index (κ2) is 21.2. The maximum absolute atomic E-state index is 10.6. The van der Waals surface area contributed by atoms with E-state index in [2.05, 4.69) is 18.9 Å². The van der Waals surface area contributed by atoms with Gasteiger partial charge in [0.1, 0.15) is 47.5 Å². The molecule has 0 aromatic heterocycles. The molecule has 0 unspecified atom stereocenters. The summed E-state index contributed by atoms with van der Waals surface area (Å²) in [5.74, 6) is -13.0. The fourth-order valence-corrected chi connectivity index (χ4v) is 3.26. The molecule has 4 rings (SSSR count). The smallest absolute Gasteiger partial charge is 0.865 e. The SMILES string of the molecule is O=C1O[C@H]([C@@H](O)CO)C(O)=C1[O-].O=C1O[C@H]([C@@H](O)CO)C(O)=C1[O-].O=C1O[C@H]([C@@H](O)CO)C(O)=C1[O-].O=C1O[C@H]([C@@H](O)CO)C(O)=C1[O-].[Cu+2].[Cu+2]. The minimum absolute atomic E-state index is 0. The maximum Gasteiger partial charge on any atom is 2.00 e. The van der Waals surface area contributed by atoms with Gasteiger partial charge in [0.05, 0.1) is 26.4 Å². The van der Waals surface area contributed by atoms with Crippen molar-refractivity contribution in [3.8, 4) is 0 Å². The number of rotatable bonds is 8. The number of hydrogen-bond donors (Lipinski definition) is 12. The number of cyclic esters (lactones) is 4. The second-order valence-electron chi connectivity index (χ2n) is 9.16. The monoisotopic (exact) mass is 826 g/mol. The molecule has 0 aliphatic carbocycles. The molecule has 0 bridgehead atoms. The van der Waals surface area contributed by atoms with Crippen molar-refractivity contribution in [2.75, 3.05) is 26.4 Å². The Labute approximate surface area is 298 Å². The third-order valence-electron chi connectivity index (χ3n) is 5.83. The number of carbonyl (C=O) groups is 4. The van der Waals surface area contributed by atoms with Crippen LogP contribution in [0.3, 0.4) is 0 Å². The number of aliphatic hydroxyl groups is 12. The van der Waals surface area contributed by atoms with Crippen LogP contribution in [-0.4, -0.2) is 160 Å². The van der Waals surface area contributed by atoms with Crippen LogP contribution in [0.25, 0.3) is 0 Å². The van der Waals surface area contributed by atoms with Crippen LogP contribution in [0.4, 0.5) is 0 Å². The molecule has 0 fully saturated rings. The summed E-state index contributed by atoms with van der Waals surface area (Å²) in [6.45, 7) is -2.80. The van der Waals surface area contributed by atoms with Gasteiger partial charge >= 0.3 is 58.0 Å². The molecule has 4 aliphatic rings. The Balaban J connectivity index is 0.